The molecule has 75 heavy (non-hydrogen) atoms. The van der Waals surface area contributed by atoms with Crippen LogP contribution in [0.1, 0.15) is 113 Å². The van der Waals surface area contributed by atoms with Gasteiger partial charge in [0.25, 0.3) is 0 Å². The highest BCUT2D eigenvalue weighted by Gasteiger charge is 2.71. The van der Waals surface area contributed by atoms with Crippen LogP contribution in [-0.2, 0) is 42.7 Å². The first-order chi connectivity index (χ1) is 35.2. The average Bonchev–Trinajstić information content (AvgIpc) is 3.44. The number of fused-ring (bicyclic) bond motifs is 7. The summed E-state index contributed by atoms with van der Waals surface area (Å²) in [5.74, 6) is -0.732. The third-order valence-electron chi connectivity index (χ3n) is 21.1. The lowest BCUT2D eigenvalue weighted by Crippen LogP contribution is -2.67. The van der Waals surface area contributed by atoms with E-state index >= 15 is 4.79 Å². The molecule has 0 unspecified atom stereocenters. The Balaban J connectivity index is 0.934. The van der Waals surface area contributed by atoms with Gasteiger partial charge in [0.1, 0.15) is 85.5 Å². The van der Waals surface area contributed by atoms with Crippen LogP contribution in [0.2, 0.25) is 0 Å². The van der Waals surface area contributed by atoms with Crippen molar-refractivity contribution in [2.45, 2.75) is 235 Å². The highest BCUT2D eigenvalue weighted by molar-refractivity contribution is 5.79. The van der Waals surface area contributed by atoms with Crippen molar-refractivity contribution in [2.75, 3.05) is 26.4 Å². The van der Waals surface area contributed by atoms with Gasteiger partial charge in [0, 0.05) is 5.41 Å². The van der Waals surface area contributed by atoms with Crippen molar-refractivity contribution in [3.05, 3.63) is 11.6 Å². The summed E-state index contributed by atoms with van der Waals surface area (Å²) in [6, 6.07) is 0. The van der Waals surface area contributed by atoms with Gasteiger partial charge >= 0.3 is 5.97 Å². The molecule has 22 heteroatoms. The molecule has 0 radical (unpaired) electrons. The quantitative estimate of drug-likeness (QED) is 0.0643. The summed E-state index contributed by atoms with van der Waals surface area (Å²) in [4.78, 5) is 15.1. The van der Waals surface area contributed by atoms with Gasteiger partial charge in [-0.3, -0.25) is 4.79 Å². The van der Waals surface area contributed by atoms with Gasteiger partial charge in [0.2, 0.25) is 6.29 Å². The van der Waals surface area contributed by atoms with Crippen LogP contribution in [-0.4, -0.2) is 222 Å². The van der Waals surface area contributed by atoms with Crippen LogP contribution in [0, 0.1) is 50.2 Å². The number of hydrogen-bond acceptors (Lipinski definition) is 22. The van der Waals surface area contributed by atoms with Crippen LogP contribution in [0.15, 0.2) is 11.6 Å². The van der Waals surface area contributed by atoms with Crippen molar-refractivity contribution < 1.29 is 109 Å². The number of rotatable bonds is 11. The van der Waals surface area contributed by atoms with Crippen molar-refractivity contribution in [1.29, 1.82) is 0 Å². The summed E-state index contributed by atoms with van der Waals surface area (Å²) in [6.07, 6.45) is -21.1. The Hall–Kier alpha value is -1.59. The first kappa shape index (κ1) is 58.1. The monoisotopic (exact) mass is 1070 g/mol. The molecule has 5 aliphatic carbocycles. The Bertz CT molecular complexity index is 2060. The third kappa shape index (κ3) is 9.40. The molecule has 13 N–H and O–H groups in total. The SMILES string of the molecule is C[C@@H]1O[C@@H](O[C@H]2[C@H](O[C@H]3CC[C@@]4(C)[C@@H](CC[C@]5(C)[C@@H]4CC=C4[C@H]6CC(C)(C)CC[C@]6(C(=O)O[C@@H]6O[C@H](CO)[C@@H](O[C@@H]7O[C@H](CO)[C@@H](O)[C@H](O)[C@H]7O)[C@H](O)[C@H]6O)CC[C@]45C)[C@]3(C)CO)OC[C@H](O)[C@@H]2O)[C@H](O)[C@H](O)[C@H]1O. The van der Waals surface area contributed by atoms with Gasteiger partial charge in [0.15, 0.2) is 18.9 Å². The molecule has 0 amide bonds. The highest BCUT2D eigenvalue weighted by Crippen LogP contribution is 2.76. The van der Waals surface area contributed by atoms with E-state index in [0.717, 1.165) is 25.7 Å². The van der Waals surface area contributed by atoms with Crippen molar-refractivity contribution in [3.63, 3.8) is 0 Å². The molecular weight excluding hydrogens is 989 g/mol. The molecule has 0 aromatic carbocycles. The van der Waals surface area contributed by atoms with Gasteiger partial charge in [-0.2, -0.15) is 0 Å². The van der Waals surface area contributed by atoms with Crippen LogP contribution in [0.5, 0.6) is 0 Å². The Morgan fingerprint density at radius 2 is 1.23 bits per heavy atom. The molecule has 0 bridgehead atoms. The van der Waals surface area contributed by atoms with E-state index in [1.54, 1.807) is 0 Å². The Morgan fingerprint density at radius 1 is 0.613 bits per heavy atom. The molecular formula is C53H86O22. The Labute approximate surface area is 437 Å². The molecule has 4 saturated heterocycles. The predicted molar refractivity (Wildman–Crippen MR) is 257 cm³/mol. The topological polar surface area (TPSA) is 354 Å². The van der Waals surface area contributed by atoms with Crippen LogP contribution < -0.4 is 0 Å². The summed E-state index contributed by atoms with van der Waals surface area (Å²) in [5, 5.41) is 139. The standard InChI is InChI=1S/C53H86O22/c1-23-32(58)35(61)38(64)43(69-23)74-42-33(59)26(57)21-68-46(42)72-31-11-12-49(4)29(50(31,5)22-56)10-13-52(7)30(49)9-8-24-25-18-48(2,3)14-16-53(25,17-15-51(24,52)6)47(67)75-45-40(66)37(63)41(28(20-55)71-45)73-44-39(65)36(62)34(60)27(19-54)70-44/h8,23,25-46,54-66H,9-22H2,1-7H3/t23-,25+,26-,27+,28+,29+,30+,31-,32-,33-,34+,35+,36-,37+,38+,39+,40+,41+,42+,43-,44-,45-,46-,49-,50-,51+,52+,53-/m0/s1. The molecule has 0 aromatic rings. The van der Waals surface area contributed by atoms with Gasteiger partial charge in [-0.15, -0.1) is 0 Å². The molecule has 4 saturated carbocycles. The molecule has 4 aliphatic heterocycles. The highest BCUT2D eigenvalue weighted by atomic mass is 16.8. The molecule has 4 heterocycles. The normalized spacial score (nSPS) is 54.8. The molecule has 0 spiro atoms. The summed E-state index contributed by atoms with van der Waals surface area (Å²) in [6.45, 7) is 13.0. The van der Waals surface area contributed by atoms with Gasteiger partial charge in [-0.25, -0.2) is 0 Å². The number of carbonyl (C=O) groups excluding carboxylic acids is 1. The van der Waals surface area contributed by atoms with Gasteiger partial charge in [0.05, 0.1) is 44.1 Å². The zero-order valence-corrected chi connectivity index (χ0v) is 44.2. The first-order valence-corrected chi connectivity index (χ1v) is 27.3. The number of aliphatic hydroxyl groups excluding tert-OH is 13. The van der Waals surface area contributed by atoms with Crippen molar-refractivity contribution >= 4 is 5.97 Å². The summed E-state index contributed by atoms with van der Waals surface area (Å²) in [5.41, 5.74) is -1.70. The minimum absolute atomic E-state index is 0.0432. The zero-order valence-electron chi connectivity index (χ0n) is 44.2. The Kier molecular flexibility index (Phi) is 16.3. The van der Waals surface area contributed by atoms with E-state index in [0.29, 0.717) is 38.5 Å². The molecule has 0 aromatic heterocycles. The minimum atomic E-state index is -1.88. The van der Waals surface area contributed by atoms with Crippen LogP contribution in [0.25, 0.3) is 0 Å². The molecule has 430 valence electrons. The number of esters is 1. The van der Waals surface area contributed by atoms with Crippen LogP contribution in [0.3, 0.4) is 0 Å². The molecule has 8 fully saturated rings. The van der Waals surface area contributed by atoms with Gasteiger partial charge in [-0.1, -0.05) is 53.2 Å². The average molecular weight is 1080 g/mol. The number of ether oxygens (including phenoxy) is 8. The fourth-order valence-corrected chi connectivity index (χ4v) is 16.2. The fraction of sp³-hybridized carbons (Fsp3) is 0.943. The van der Waals surface area contributed by atoms with E-state index in [9.17, 15) is 66.4 Å². The maximum absolute atomic E-state index is 15.1. The lowest BCUT2D eigenvalue weighted by atomic mass is 9.33. The van der Waals surface area contributed by atoms with Crippen molar-refractivity contribution in [3.8, 4) is 0 Å². The number of aliphatic hydroxyl groups is 13. The van der Waals surface area contributed by atoms with E-state index in [4.69, 9.17) is 37.9 Å². The van der Waals surface area contributed by atoms with E-state index < -0.39 is 153 Å². The Morgan fingerprint density at radius 3 is 1.89 bits per heavy atom. The van der Waals surface area contributed by atoms with E-state index in [1.807, 2.05) is 6.92 Å². The lowest BCUT2D eigenvalue weighted by Gasteiger charge is -2.71. The molecule has 28 atom stereocenters. The zero-order chi connectivity index (χ0) is 54.7. The van der Waals surface area contributed by atoms with Crippen LogP contribution >= 0.6 is 0 Å². The lowest BCUT2D eigenvalue weighted by molar-refractivity contribution is -0.365. The number of hydrogen-bond donors (Lipinski definition) is 13. The van der Waals surface area contributed by atoms with Gasteiger partial charge in [-0.05, 0) is 111 Å². The van der Waals surface area contributed by atoms with Crippen molar-refractivity contribution in [2.24, 2.45) is 50.2 Å². The minimum Gasteiger partial charge on any atom is -0.432 e. The smallest absolute Gasteiger partial charge is 0.315 e. The maximum atomic E-state index is 15.1. The number of allylic oxidation sites excluding steroid dienone is 2. The van der Waals surface area contributed by atoms with Gasteiger partial charge < -0.3 is 104 Å². The molecule has 22 nitrogen and oxygen atoms in total. The maximum Gasteiger partial charge on any atom is 0.315 e. The van der Waals surface area contributed by atoms with Crippen LogP contribution in [0.4, 0.5) is 0 Å². The summed E-state index contributed by atoms with van der Waals surface area (Å²) >= 11 is 0. The third-order valence-corrected chi connectivity index (χ3v) is 21.1. The second kappa shape index (κ2) is 21.1. The number of carbonyl (C=O) groups is 1. The molecule has 9 rings (SSSR count). The second-order valence-corrected chi connectivity index (χ2v) is 25.7. The summed E-state index contributed by atoms with van der Waals surface area (Å²) < 4.78 is 47.8. The predicted octanol–water partition coefficient (Wildman–Crippen LogP) is -1.40. The largest absolute Gasteiger partial charge is 0.432 e. The summed E-state index contributed by atoms with van der Waals surface area (Å²) in [7, 11) is 0. The molecule has 9 aliphatic rings. The second-order valence-electron chi connectivity index (χ2n) is 25.7. The van der Waals surface area contributed by atoms with E-state index in [1.165, 1.54) is 12.5 Å². The van der Waals surface area contributed by atoms with Crippen molar-refractivity contribution in [1.82, 2.24) is 0 Å². The van der Waals surface area contributed by atoms with E-state index in [-0.39, 0.29) is 52.6 Å². The fourth-order valence-electron chi connectivity index (χ4n) is 16.2. The first-order valence-electron chi connectivity index (χ1n) is 27.3. The van der Waals surface area contributed by atoms with E-state index in [2.05, 4.69) is 40.7 Å².